The van der Waals surface area contributed by atoms with Crippen LogP contribution in [0, 0.1) is 10.1 Å². The van der Waals surface area contributed by atoms with Gasteiger partial charge in [-0.2, -0.15) is 10.2 Å². The van der Waals surface area contributed by atoms with Gasteiger partial charge in [0, 0.05) is 44.1 Å². The number of methoxy groups -OCH3 is 1. The van der Waals surface area contributed by atoms with Gasteiger partial charge in [0.1, 0.15) is 29.3 Å². The maximum Gasteiger partial charge on any atom is 0.514 e. The highest BCUT2D eigenvalue weighted by Gasteiger charge is 2.33. The summed E-state index contributed by atoms with van der Waals surface area (Å²) in [5.74, 6) is 1.46. The van der Waals surface area contributed by atoms with E-state index < -0.39 is 23.3 Å². The number of rotatable bonds is 8. The van der Waals surface area contributed by atoms with Gasteiger partial charge in [-0.15, -0.1) is 0 Å². The topological polar surface area (TPSA) is 157 Å². The van der Waals surface area contributed by atoms with Crippen LogP contribution in [0.1, 0.15) is 44.7 Å². The van der Waals surface area contributed by atoms with Crippen molar-refractivity contribution in [2.75, 3.05) is 19.0 Å². The van der Waals surface area contributed by atoms with Crippen LogP contribution < -0.4 is 10.1 Å². The fraction of sp³-hybridized carbons (Fsp3) is 0.385. The highest BCUT2D eigenvalue weighted by atomic mass is 16.7. The lowest BCUT2D eigenvalue weighted by Gasteiger charge is -2.22. The third kappa shape index (κ3) is 5.87. The molecule has 4 aromatic rings. The summed E-state index contributed by atoms with van der Waals surface area (Å²) in [7, 11) is 1.62. The Morgan fingerprint density at radius 1 is 1.23 bits per heavy atom. The first-order chi connectivity index (χ1) is 19.1. The Morgan fingerprint density at radius 2 is 2.00 bits per heavy atom. The summed E-state index contributed by atoms with van der Waals surface area (Å²) < 4.78 is 25.3. The summed E-state index contributed by atoms with van der Waals surface area (Å²) in [6, 6.07) is 8.96. The molecule has 5 rings (SSSR count). The number of nitrogens with one attached hydrogen (secondary N) is 1. The van der Waals surface area contributed by atoms with E-state index in [1.807, 2.05) is 37.6 Å². The van der Waals surface area contributed by atoms with Gasteiger partial charge < -0.3 is 24.3 Å². The van der Waals surface area contributed by atoms with Gasteiger partial charge in [0.05, 0.1) is 35.1 Å². The monoisotopic (exact) mass is 551 g/mol. The number of nitro benzene ring substituents is 1. The number of aromatic nitrogens is 5. The van der Waals surface area contributed by atoms with Crippen LogP contribution in [0.4, 0.5) is 22.1 Å². The van der Waals surface area contributed by atoms with Crippen LogP contribution in [0.15, 0.2) is 48.8 Å². The summed E-state index contributed by atoms with van der Waals surface area (Å²) in [6.07, 6.45) is 1.94. The average Bonchev–Trinajstić information content (AvgIpc) is 3.63. The van der Waals surface area contributed by atoms with Crippen LogP contribution in [0.5, 0.6) is 5.75 Å². The Labute approximate surface area is 229 Å². The van der Waals surface area contributed by atoms with Gasteiger partial charge >= 0.3 is 6.16 Å². The van der Waals surface area contributed by atoms with E-state index in [2.05, 4.69) is 15.4 Å². The van der Waals surface area contributed by atoms with Crippen molar-refractivity contribution in [3.8, 4) is 5.75 Å². The maximum atomic E-state index is 12.3. The molecule has 0 amide bonds. The summed E-state index contributed by atoms with van der Waals surface area (Å²) in [4.78, 5) is 27.1. The molecule has 14 heteroatoms. The summed E-state index contributed by atoms with van der Waals surface area (Å²) in [5, 5.41) is 23.5. The first-order valence-corrected chi connectivity index (χ1v) is 12.5. The number of hydrogen-bond acceptors (Lipinski definition) is 11. The van der Waals surface area contributed by atoms with Crippen LogP contribution in [0.3, 0.4) is 0 Å². The summed E-state index contributed by atoms with van der Waals surface area (Å²) >= 11 is 0. The number of carbonyl (C=O) groups is 1. The molecular formula is C26H29N7O7. The van der Waals surface area contributed by atoms with Gasteiger partial charge in [-0.25, -0.2) is 19.0 Å². The highest BCUT2D eigenvalue weighted by Crippen LogP contribution is 2.34. The van der Waals surface area contributed by atoms with Gasteiger partial charge in [-0.1, -0.05) is 0 Å². The molecule has 210 valence electrons. The first-order valence-electron chi connectivity index (χ1n) is 12.5. The normalized spacial score (nSPS) is 17.2. The molecule has 0 spiro atoms. The molecule has 0 radical (unpaired) electrons. The minimum Gasteiger partial charge on any atom is -0.428 e. The summed E-state index contributed by atoms with van der Waals surface area (Å²) in [6.45, 7) is 6.66. The lowest BCUT2D eigenvalue weighted by molar-refractivity contribution is -0.384. The van der Waals surface area contributed by atoms with Crippen molar-refractivity contribution < 1.29 is 28.7 Å². The van der Waals surface area contributed by atoms with Gasteiger partial charge in [0.15, 0.2) is 5.82 Å². The van der Waals surface area contributed by atoms with Gasteiger partial charge in [0.2, 0.25) is 0 Å². The average molecular weight is 552 g/mol. The van der Waals surface area contributed by atoms with Crippen LogP contribution in [0.2, 0.25) is 0 Å². The molecule has 3 aromatic heterocycles. The van der Waals surface area contributed by atoms with E-state index in [4.69, 9.17) is 24.0 Å². The fourth-order valence-electron chi connectivity index (χ4n) is 4.34. The van der Waals surface area contributed by atoms with Crippen LogP contribution in [-0.4, -0.2) is 55.3 Å². The molecule has 0 aliphatic carbocycles. The van der Waals surface area contributed by atoms with Crippen LogP contribution in [0.25, 0.3) is 5.52 Å². The number of hydrogen-bond donors (Lipinski definition) is 1. The lowest BCUT2D eigenvalue weighted by Crippen LogP contribution is -2.25. The molecule has 0 bridgehead atoms. The molecule has 0 saturated carbocycles. The fourth-order valence-corrected chi connectivity index (χ4v) is 4.34. The van der Waals surface area contributed by atoms with E-state index >= 15 is 0 Å². The predicted octanol–water partition coefficient (Wildman–Crippen LogP) is 4.52. The second-order valence-electron chi connectivity index (χ2n) is 10.2. The van der Waals surface area contributed by atoms with Crippen molar-refractivity contribution in [2.45, 2.75) is 51.5 Å². The number of anilines is 2. The second kappa shape index (κ2) is 10.9. The van der Waals surface area contributed by atoms with E-state index in [0.29, 0.717) is 30.4 Å². The molecule has 2 atom stereocenters. The molecule has 14 nitrogen and oxygen atoms in total. The second-order valence-corrected chi connectivity index (χ2v) is 10.2. The Hall–Kier alpha value is -4.56. The van der Waals surface area contributed by atoms with Gasteiger partial charge in [0.25, 0.3) is 5.69 Å². The molecule has 1 N–H and O–H groups in total. The molecule has 40 heavy (non-hydrogen) atoms. The summed E-state index contributed by atoms with van der Waals surface area (Å²) in [5.41, 5.74) is 1.77. The molecule has 0 unspecified atom stereocenters. The van der Waals surface area contributed by atoms with Crippen molar-refractivity contribution in [3.63, 3.8) is 0 Å². The molecule has 1 aromatic carbocycles. The third-order valence-electron chi connectivity index (χ3n) is 6.14. The van der Waals surface area contributed by atoms with Gasteiger partial charge in [-0.3, -0.25) is 10.1 Å². The van der Waals surface area contributed by atoms with Crippen LogP contribution >= 0.6 is 0 Å². The van der Waals surface area contributed by atoms with Crippen molar-refractivity contribution in [3.05, 3.63) is 70.3 Å². The Balaban J connectivity index is 1.28. The predicted molar refractivity (Wildman–Crippen MR) is 142 cm³/mol. The number of nitrogens with zero attached hydrogens (tertiary/aromatic N) is 6. The molecule has 1 aliphatic rings. The Morgan fingerprint density at radius 3 is 2.70 bits per heavy atom. The number of non-ortho nitro benzene ring substituents is 1. The molecule has 4 heterocycles. The molecule has 1 aliphatic heterocycles. The zero-order chi connectivity index (χ0) is 28.4. The number of carbonyl (C=O) groups excluding carboxylic acids is 1. The first kappa shape index (κ1) is 27.0. The van der Waals surface area contributed by atoms with E-state index in [0.717, 1.165) is 11.2 Å². The number of benzene rings is 1. The minimum absolute atomic E-state index is 0.107. The van der Waals surface area contributed by atoms with E-state index in [9.17, 15) is 14.9 Å². The molecule has 1 saturated heterocycles. The number of ether oxygens (including phenoxy) is 4. The maximum absolute atomic E-state index is 12.3. The van der Waals surface area contributed by atoms with E-state index in [1.54, 1.807) is 24.0 Å². The number of nitro groups is 1. The van der Waals surface area contributed by atoms with E-state index in [1.165, 1.54) is 24.3 Å². The zero-order valence-corrected chi connectivity index (χ0v) is 22.4. The Bertz CT molecular complexity index is 1520. The van der Waals surface area contributed by atoms with Crippen molar-refractivity contribution in [2.24, 2.45) is 0 Å². The lowest BCUT2D eigenvalue weighted by atomic mass is 10.1. The SMILES string of the molecule is COCc1cc2c(Nc3cc([C@H]4C[C@@H](OC(=O)Oc5ccc([N+](=O)[O-])cc5)CO4)nn3C(C)(C)C)nccn2n1. The largest absolute Gasteiger partial charge is 0.514 e. The van der Waals surface area contributed by atoms with Crippen molar-refractivity contribution >= 4 is 29.0 Å². The minimum atomic E-state index is -0.918. The van der Waals surface area contributed by atoms with E-state index in [-0.39, 0.29) is 23.6 Å². The molecular weight excluding hydrogens is 522 g/mol. The quantitative estimate of drug-likeness (QED) is 0.142. The molecule has 1 fully saturated rings. The zero-order valence-electron chi connectivity index (χ0n) is 22.4. The Kier molecular flexibility index (Phi) is 7.36. The standard InChI is InChI=1S/C26H29N7O7/c1-26(2,3)32-23(28-24-21-11-16(14-37-4)29-31(21)10-9-27-24)13-20(30-32)22-12-19(15-38-22)40-25(34)39-18-7-5-17(6-8-18)33(35)36/h5-11,13,19,22H,12,14-15H2,1-4H3,(H,27,28)/t19-,22-/m1/s1. The van der Waals surface area contributed by atoms with Crippen molar-refractivity contribution in [1.82, 2.24) is 24.4 Å². The van der Waals surface area contributed by atoms with Crippen molar-refractivity contribution in [1.29, 1.82) is 0 Å². The number of fused-ring (bicyclic) bond motifs is 1. The highest BCUT2D eigenvalue weighted by molar-refractivity contribution is 5.72. The van der Waals surface area contributed by atoms with Crippen LogP contribution in [-0.2, 0) is 26.4 Å². The van der Waals surface area contributed by atoms with Gasteiger partial charge in [-0.05, 0) is 39.0 Å². The smallest absolute Gasteiger partial charge is 0.428 e. The third-order valence-corrected chi connectivity index (χ3v) is 6.14.